The van der Waals surface area contributed by atoms with Crippen molar-refractivity contribution in [2.24, 2.45) is 0 Å². The highest BCUT2D eigenvalue weighted by Crippen LogP contribution is 2.31. The molecule has 4 heteroatoms. The highest BCUT2D eigenvalue weighted by Gasteiger charge is 2.36. The van der Waals surface area contributed by atoms with Crippen molar-refractivity contribution < 1.29 is 14.3 Å². The minimum Gasteiger partial charge on any atom is -0.445 e. The summed E-state index contributed by atoms with van der Waals surface area (Å²) in [6.45, 7) is 2.49. The van der Waals surface area contributed by atoms with E-state index in [0.29, 0.717) is 13.0 Å². The van der Waals surface area contributed by atoms with Crippen molar-refractivity contribution in [3.63, 3.8) is 0 Å². The first-order valence-corrected chi connectivity index (χ1v) is 9.19. The van der Waals surface area contributed by atoms with Gasteiger partial charge in [-0.3, -0.25) is 0 Å². The maximum absolute atomic E-state index is 12.7. The average Bonchev–Trinajstić information content (AvgIpc) is 3.02. The zero-order valence-electron chi connectivity index (χ0n) is 14.7. The number of benzene rings is 1. The molecule has 1 aliphatic rings. The molecule has 1 fully saturated rings. The van der Waals surface area contributed by atoms with Crippen molar-refractivity contribution in [3.8, 4) is 0 Å². The number of likely N-dealkylation sites (tertiary alicyclic amines) is 1. The van der Waals surface area contributed by atoms with Crippen LogP contribution in [0.25, 0.3) is 0 Å². The Balaban J connectivity index is 1.95. The Kier molecular flexibility index (Phi) is 7.80. The first kappa shape index (κ1) is 18.5. The van der Waals surface area contributed by atoms with E-state index in [0.717, 1.165) is 56.8 Å². The molecule has 1 heterocycles. The number of amides is 1. The molecule has 0 saturated carbocycles. The summed E-state index contributed by atoms with van der Waals surface area (Å²) in [7, 11) is 0. The van der Waals surface area contributed by atoms with Crippen molar-refractivity contribution in [3.05, 3.63) is 35.9 Å². The van der Waals surface area contributed by atoms with Gasteiger partial charge in [-0.05, 0) is 37.7 Å². The molecule has 1 saturated heterocycles. The Morgan fingerprint density at radius 3 is 2.46 bits per heavy atom. The zero-order chi connectivity index (χ0) is 17.2. The van der Waals surface area contributed by atoms with Crippen LogP contribution in [0.4, 0.5) is 4.79 Å². The zero-order valence-corrected chi connectivity index (χ0v) is 14.7. The molecule has 0 bridgehead atoms. The van der Waals surface area contributed by atoms with Crippen LogP contribution in [0.5, 0.6) is 0 Å². The Bertz CT molecular complexity index is 503. The summed E-state index contributed by atoms with van der Waals surface area (Å²) >= 11 is 0. The van der Waals surface area contributed by atoms with Gasteiger partial charge in [-0.2, -0.15) is 0 Å². The summed E-state index contributed by atoms with van der Waals surface area (Å²) in [5.74, 6) is 0. The molecule has 1 aromatic carbocycles. The monoisotopic (exact) mass is 331 g/mol. The van der Waals surface area contributed by atoms with Gasteiger partial charge in [0.1, 0.15) is 12.9 Å². The van der Waals surface area contributed by atoms with Gasteiger partial charge in [0.2, 0.25) is 0 Å². The van der Waals surface area contributed by atoms with Crippen molar-refractivity contribution in [1.82, 2.24) is 4.90 Å². The van der Waals surface area contributed by atoms with E-state index in [1.165, 1.54) is 0 Å². The molecule has 0 radical (unpaired) electrons. The van der Waals surface area contributed by atoms with Crippen molar-refractivity contribution in [2.45, 2.75) is 77.0 Å². The van der Waals surface area contributed by atoms with E-state index in [1.54, 1.807) is 0 Å². The first-order chi connectivity index (χ1) is 11.8. The number of aldehydes is 1. The third kappa shape index (κ3) is 5.36. The summed E-state index contributed by atoms with van der Waals surface area (Å²) in [5, 5.41) is 0. The third-order valence-corrected chi connectivity index (χ3v) is 4.79. The standard InChI is InChI=1S/C20H29NO3/c1-2-3-11-18-13-14-19(12-7-8-15-22)21(18)20(23)24-16-17-9-5-4-6-10-17/h4-6,9-10,15,18-19H,2-3,7-8,11-14,16H2,1H3/t18-,19+/m1/s1. The summed E-state index contributed by atoms with van der Waals surface area (Å²) in [4.78, 5) is 25.2. The summed E-state index contributed by atoms with van der Waals surface area (Å²) in [6, 6.07) is 10.3. The Hall–Kier alpha value is -1.84. The lowest BCUT2D eigenvalue weighted by atomic mass is 10.1. The SMILES string of the molecule is CCCC[C@@H]1CC[C@H](CCCC=O)N1C(=O)OCc1ccccc1. The van der Waals surface area contributed by atoms with Gasteiger partial charge in [-0.15, -0.1) is 0 Å². The van der Waals surface area contributed by atoms with Gasteiger partial charge < -0.3 is 14.4 Å². The molecule has 1 aromatic rings. The smallest absolute Gasteiger partial charge is 0.410 e. The number of carbonyl (C=O) groups excluding carboxylic acids is 2. The number of hydrogen-bond acceptors (Lipinski definition) is 3. The second kappa shape index (κ2) is 10.1. The predicted octanol–water partition coefficient (Wildman–Crippen LogP) is 4.72. The van der Waals surface area contributed by atoms with Crippen LogP contribution in [-0.2, 0) is 16.1 Å². The van der Waals surface area contributed by atoms with E-state index in [1.807, 2.05) is 35.2 Å². The van der Waals surface area contributed by atoms with Crippen LogP contribution in [-0.4, -0.2) is 29.4 Å². The van der Waals surface area contributed by atoms with Gasteiger partial charge in [0.05, 0.1) is 0 Å². The Labute approximate surface area is 145 Å². The van der Waals surface area contributed by atoms with Crippen molar-refractivity contribution in [1.29, 1.82) is 0 Å². The number of ether oxygens (including phenoxy) is 1. The van der Waals surface area contributed by atoms with Crippen LogP contribution in [0.3, 0.4) is 0 Å². The molecule has 0 aliphatic carbocycles. The molecule has 4 nitrogen and oxygen atoms in total. The second-order valence-electron chi connectivity index (χ2n) is 6.57. The van der Waals surface area contributed by atoms with Crippen LogP contribution in [0.15, 0.2) is 30.3 Å². The highest BCUT2D eigenvalue weighted by molar-refractivity contribution is 5.69. The Morgan fingerprint density at radius 2 is 1.83 bits per heavy atom. The largest absolute Gasteiger partial charge is 0.445 e. The van der Waals surface area contributed by atoms with E-state index in [9.17, 15) is 9.59 Å². The van der Waals surface area contributed by atoms with Crippen LogP contribution in [0.2, 0.25) is 0 Å². The maximum Gasteiger partial charge on any atom is 0.410 e. The fourth-order valence-corrected chi connectivity index (χ4v) is 3.50. The van der Waals surface area contributed by atoms with E-state index < -0.39 is 0 Å². The van der Waals surface area contributed by atoms with Gasteiger partial charge in [0.15, 0.2) is 0 Å². The molecule has 0 N–H and O–H groups in total. The molecule has 0 spiro atoms. The van der Waals surface area contributed by atoms with Crippen LogP contribution in [0.1, 0.15) is 63.9 Å². The molecule has 2 atom stereocenters. The average molecular weight is 331 g/mol. The molecule has 2 rings (SSSR count). The molecule has 132 valence electrons. The first-order valence-electron chi connectivity index (χ1n) is 9.19. The third-order valence-electron chi connectivity index (χ3n) is 4.79. The van der Waals surface area contributed by atoms with E-state index >= 15 is 0 Å². The number of rotatable bonds is 9. The van der Waals surface area contributed by atoms with Crippen LogP contribution < -0.4 is 0 Å². The molecule has 1 amide bonds. The summed E-state index contributed by atoms with van der Waals surface area (Å²) in [6.07, 6.45) is 8.45. The Morgan fingerprint density at radius 1 is 1.17 bits per heavy atom. The van der Waals surface area contributed by atoms with E-state index in [4.69, 9.17) is 4.74 Å². The number of unbranched alkanes of at least 4 members (excludes halogenated alkanes) is 2. The van der Waals surface area contributed by atoms with Gasteiger partial charge in [-0.1, -0.05) is 50.1 Å². The lowest BCUT2D eigenvalue weighted by Gasteiger charge is -2.29. The number of carbonyl (C=O) groups is 2. The molecular weight excluding hydrogens is 302 g/mol. The topological polar surface area (TPSA) is 46.6 Å². The molecule has 1 aliphatic heterocycles. The van der Waals surface area contributed by atoms with Gasteiger partial charge in [0, 0.05) is 18.5 Å². The molecule has 0 unspecified atom stereocenters. The molecule has 0 aromatic heterocycles. The quantitative estimate of drug-likeness (QED) is 0.486. The summed E-state index contributed by atoms with van der Waals surface area (Å²) < 4.78 is 5.58. The normalized spacial score (nSPS) is 20.1. The van der Waals surface area contributed by atoms with Gasteiger partial charge in [-0.25, -0.2) is 4.79 Å². The van der Waals surface area contributed by atoms with Crippen molar-refractivity contribution >= 4 is 12.4 Å². The minimum atomic E-state index is -0.200. The minimum absolute atomic E-state index is 0.200. The predicted molar refractivity (Wildman–Crippen MR) is 94.7 cm³/mol. The van der Waals surface area contributed by atoms with Crippen LogP contribution in [0, 0.1) is 0 Å². The molecule has 24 heavy (non-hydrogen) atoms. The highest BCUT2D eigenvalue weighted by atomic mass is 16.6. The lowest BCUT2D eigenvalue weighted by molar-refractivity contribution is -0.107. The molecular formula is C20H29NO3. The fraction of sp³-hybridized carbons (Fsp3) is 0.600. The van der Waals surface area contributed by atoms with E-state index in [2.05, 4.69) is 6.92 Å². The van der Waals surface area contributed by atoms with Crippen molar-refractivity contribution in [2.75, 3.05) is 0 Å². The number of nitrogens with zero attached hydrogens (tertiary/aromatic N) is 1. The maximum atomic E-state index is 12.7. The fourth-order valence-electron chi connectivity index (χ4n) is 3.50. The van der Waals surface area contributed by atoms with Gasteiger partial charge in [0.25, 0.3) is 0 Å². The van der Waals surface area contributed by atoms with E-state index in [-0.39, 0.29) is 18.2 Å². The van der Waals surface area contributed by atoms with Gasteiger partial charge >= 0.3 is 6.09 Å². The number of hydrogen-bond donors (Lipinski definition) is 0. The van der Waals surface area contributed by atoms with Crippen LogP contribution >= 0.6 is 0 Å². The summed E-state index contributed by atoms with van der Waals surface area (Å²) in [5.41, 5.74) is 1.01. The lowest BCUT2D eigenvalue weighted by Crippen LogP contribution is -2.41. The second-order valence-corrected chi connectivity index (χ2v) is 6.57.